The number of ketones is 1. The second-order valence-electron chi connectivity index (χ2n) is 7.12. The van der Waals surface area contributed by atoms with Gasteiger partial charge in [-0.25, -0.2) is 0 Å². The molecular formula is C20H30N2O3. The molecule has 138 valence electrons. The Bertz CT molecular complexity index is 596. The summed E-state index contributed by atoms with van der Waals surface area (Å²) < 4.78 is 0. The average molecular weight is 346 g/mol. The van der Waals surface area contributed by atoms with Gasteiger partial charge in [-0.05, 0) is 19.4 Å². The lowest BCUT2D eigenvalue weighted by atomic mass is 9.95. The zero-order valence-electron chi connectivity index (χ0n) is 16.0. The third-order valence-electron chi connectivity index (χ3n) is 4.09. The molecule has 0 saturated heterocycles. The van der Waals surface area contributed by atoms with Crippen molar-refractivity contribution < 1.29 is 14.4 Å². The number of nitrogens with one attached hydrogen (secondary N) is 1. The highest BCUT2D eigenvalue weighted by molar-refractivity contribution is 5.98. The molecule has 0 atom stereocenters. The first-order valence-corrected chi connectivity index (χ1v) is 8.87. The van der Waals surface area contributed by atoms with Crippen molar-refractivity contribution in [1.29, 1.82) is 0 Å². The van der Waals surface area contributed by atoms with Crippen LogP contribution < -0.4 is 5.32 Å². The lowest BCUT2D eigenvalue weighted by Crippen LogP contribution is -2.34. The Labute approximate surface area is 150 Å². The van der Waals surface area contributed by atoms with Crippen molar-refractivity contribution in [2.24, 2.45) is 5.41 Å². The van der Waals surface area contributed by atoms with Gasteiger partial charge >= 0.3 is 0 Å². The molecule has 0 aliphatic carbocycles. The predicted octanol–water partition coefficient (Wildman–Crippen LogP) is 3.18. The van der Waals surface area contributed by atoms with Crippen molar-refractivity contribution in [2.75, 3.05) is 13.1 Å². The fourth-order valence-electron chi connectivity index (χ4n) is 2.36. The van der Waals surface area contributed by atoms with Gasteiger partial charge in [0.2, 0.25) is 11.8 Å². The van der Waals surface area contributed by atoms with Crippen molar-refractivity contribution in [3.05, 3.63) is 35.4 Å². The van der Waals surface area contributed by atoms with E-state index in [0.29, 0.717) is 25.2 Å². The van der Waals surface area contributed by atoms with Crippen molar-refractivity contribution in [2.45, 2.75) is 54.0 Å². The first kappa shape index (κ1) is 20.9. The maximum atomic E-state index is 12.2. The monoisotopic (exact) mass is 346 g/mol. The van der Waals surface area contributed by atoms with Crippen molar-refractivity contribution >= 4 is 17.6 Å². The molecule has 0 aliphatic rings. The van der Waals surface area contributed by atoms with Crippen LogP contribution in [0.1, 0.15) is 63.4 Å². The Morgan fingerprint density at radius 1 is 0.960 bits per heavy atom. The molecule has 0 unspecified atom stereocenters. The minimum absolute atomic E-state index is 0.0115. The molecule has 0 fully saturated rings. The molecule has 1 aromatic carbocycles. The summed E-state index contributed by atoms with van der Waals surface area (Å²) in [6, 6.07) is 7.18. The fourth-order valence-corrected chi connectivity index (χ4v) is 2.36. The van der Waals surface area contributed by atoms with E-state index in [1.807, 2.05) is 46.8 Å². The summed E-state index contributed by atoms with van der Waals surface area (Å²) >= 11 is 0. The Balaban J connectivity index is 2.54. The van der Waals surface area contributed by atoms with Crippen LogP contribution in [0.15, 0.2) is 24.3 Å². The van der Waals surface area contributed by atoms with Gasteiger partial charge in [0, 0.05) is 43.5 Å². The summed E-state index contributed by atoms with van der Waals surface area (Å²) in [4.78, 5) is 37.8. The standard InChI is InChI=1S/C20H30N2O3/c1-6-22(7-2)18(24)13-12-17(23)16-10-8-15(9-11-16)14-21-19(25)20(3,4)5/h8-11H,6-7,12-14H2,1-5H3,(H,21,25). The Kier molecular flexibility index (Phi) is 7.81. The molecule has 0 saturated carbocycles. The normalized spacial score (nSPS) is 11.1. The van der Waals surface area contributed by atoms with Crippen LogP contribution in [-0.4, -0.2) is 35.6 Å². The second kappa shape index (κ2) is 9.35. The fraction of sp³-hybridized carbons (Fsp3) is 0.550. The highest BCUT2D eigenvalue weighted by atomic mass is 16.2. The van der Waals surface area contributed by atoms with Gasteiger partial charge in [-0.3, -0.25) is 14.4 Å². The van der Waals surface area contributed by atoms with E-state index in [0.717, 1.165) is 5.56 Å². The summed E-state index contributed by atoms with van der Waals surface area (Å²) in [6.07, 6.45) is 0.458. The first-order chi connectivity index (χ1) is 11.7. The van der Waals surface area contributed by atoms with Gasteiger partial charge < -0.3 is 10.2 Å². The van der Waals surface area contributed by atoms with E-state index in [-0.39, 0.29) is 30.4 Å². The molecule has 0 spiro atoms. The number of rotatable bonds is 8. The topological polar surface area (TPSA) is 66.5 Å². The first-order valence-electron chi connectivity index (χ1n) is 8.87. The SMILES string of the molecule is CCN(CC)C(=O)CCC(=O)c1ccc(CNC(=O)C(C)(C)C)cc1. The van der Waals surface area contributed by atoms with Crippen LogP contribution in [0.5, 0.6) is 0 Å². The van der Waals surface area contributed by atoms with Gasteiger partial charge in [-0.1, -0.05) is 45.0 Å². The maximum absolute atomic E-state index is 12.2. The molecule has 0 aromatic heterocycles. The molecule has 2 amide bonds. The molecule has 0 bridgehead atoms. The smallest absolute Gasteiger partial charge is 0.225 e. The molecule has 0 heterocycles. The number of Topliss-reactive ketones (excluding diaryl/α,β-unsaturated/α-hetero) is 1. The van der Waals surface area contributed by atoms with E-state index in [4.69, 9.17) is 0 Å². The van der Waals surface area contributed by atoms with E-state index in [1.54, 1.807) is 17.0 Å². The summed E-state index contributed by atoms with van der Waals surface area (Å²) in [5, 5.41) is 2.88. The number of amides is 2. The largest absolute Gasteiger partial charge is 0.352 e. The minimum Gasteiger partial charge on any atom is -0.352 e. The highest BCUT2D eigenvalue weighted by Gasteiger charge is 2.20. The van der Waals surface area contributed by atoms with Crippen LogP contribution in [0.3, 0.4) is 0 Å². The van der Waals surface area contributed by atoms with Crippen LogP contribution in [0.25, 0.3) is 0 Å². The molecular weight excluding hydrogens is 316 g/mol. The zero-order chi connectivity index (χ0) is 19.0. The van der Waals surface area contributed by atoms with Gasteiger partial charge in [0.15, 0.2) is 5.78 Å². The number of hydrogen-bond acceptors (Lipinski definition) is 3. The number of carbonyl (C=O) groups is 3. The third kappa shape index (κ3) is 6.69. The van der Waals surface area contributed by atoms with Crippen LogP contribution >= 0.6 is 0 Å². The molecule has 5 nitrogen and oxygen atoms in total. The lowest BCUT2D eigenvalue weighted by Gasteiger charge is -2.18. The maximum Gasteiger partial charge on any atom is 0.225 e. The lowest BCUT2D eigenvalue weighted by molar-refractivity contribution is -0.131. The van der Waals surface area contributed by atoms with E-state index in [9.17, 15) is 14.4 Å². The molecule has 0 aliphatic heterocycles. The van der Waals surface area contributed by atoms with Gasteiger partial charge in [0.1, 0.15) is 0 Å². The summed E-state index contributed by atoms with van der Waals surface area (Å²) in [7, 11) is 0. The third-order valence-corrected chi connectivity index (χ3v) is 4.09. The van der Waals surface area contributed by atoms with Gasteiger partial charge in [0.25, 0.3) is 0 Å². The van der Waals surface area contributed by atoms with Crippen LogP contribution in [-0.2, 0) is 16.1 Å². The summed E-state index contributed by atoms with van der Waals surface area (Å²) in [5.41, 5.74) is 1.11. The zero-order valence-corrected chi connectivity index (χ0v) is 16.0. The number of hydrogen-bond donors (Lipinski definition) is 1. The molecule has 1 N–H and O–H groups in total. The Hall–Kier alpha value is -2.17. The van der Waals surface area contributed by atoms with Crippen molar-refractivity contribution in [3.8, 4) is 0 Å². The quantitative estimate of drug-likeness (QED) is 0.735. The van der Waals surface area contributed by atoms with Gasteiger partial charge in [0.05, 0.1) is 0 Å². The van der Waals surface area contributed by atoms with Crippen molar-refractivity contribution in [1.82, 2.24) is 10.2 Å². The number of nitrogens with zero attached hydrogens (tertiary/aromatic N) is 1. The molecule has 1 rings (SSSR count). The van der Waals surface area contributed by atoms with E-state index in [2.05, 4.69) is 5.32 Å². The summed E-state index contributed by atoms with van der Waals surface area (Å²) in [6.45, 7) is 11.2. The summed E-state index contributed by atoms with van der Waals surface area (Å²) in [5.74, 6) is -0.0341. The molecule has 1 aromatic rings. The van der Waals surface area contributed by atoms with Crippen molar-refractivity contribution in [3.63, 3.8) is 0 Å². The molecule has 0 radical (unpaired) electrons. The number of benzene rings is 1. The van der Waals surface area contributed by atoms with Gasteiger partial charge in [-0.2, -0.15) is 0 Å². The highest BCUT2D eigenvalue weighted by Crippen LogP contribution is 2.14. The molecule has 25 heavy (non-hydrogen) atoms. The van der Waals surface area contributed by atoms with Crippen LogP contribution in [0.4, 0.5) is 0 Å². The van der Waals surface area contributed by atoms with Crippen LogP contribution in [0, 0.1) is 5.41 Å². The average Bonchev–Trinajstić information content (AvgIpc) is 2.58. The Morgan fingerprint density at radius 3 is 2.00 bits per heavy atom. The minimum atomic E-state index is -0.423. The van der Waals surface area contributed by atoms with Crippen LogP contribution in [0.2, 0.25) is 0 Å². The predicted molar refractivity (Wildman–Crippen MR) is 99.2 cm³/mol. The second-order valence-corrected chi connectivity index (χ2v) is 7.12. The van der Waals surface area contributed by atoms with E-state index in [1.165, 1.54) is 0 Å². The number of carbonyl (C=O) groups excluding carboxylic acids is 3. The van der Waals surface area contributed by atoms with Gasteiger partial charge in [-0.15, -0.1) is 0 Å². The Morgan fingerprint density at radius 2 is 1.52 bits per heavy atom. The van der Waals surface area contributed by atoms with E-state index >= 15 is 0 Å². The molecule has 5 heteroatoms. The van der Waals surface area contributed by atoms with E-state index < -0.39 is 5.41 Å².